The van der Waals surface area contributed by atoms with Crippen molar-refractivity contribution >= 4 is 11.9 Å². The van der Waals surface area contributed by atoms with E-state index in [-0.39, 0.29) is 25.0 Å². The van der Waals surface area contributed by atoms with Crippen LogP contribution in [0.4, 0.5) is 0 Å². The molecule has 0 bridgehead atoms. The maximum Gasteiger partial charge on any atom is 0.305 e. The summed E-state index contributed by atoms with van der Waals surface area (Å²) in [6.45, 7) is 4.43. The lowest BCUT2D eigenvalue weighted by Crippen LogP contribution is -2.36. The number of ether oxygens (including phenoxy) is 1. The number of rotatable bonds is 6. The number of esters is 1. The second-order valence-electron chi connectivity index (χ2n) is 4.46. The average Bonchev–Trinajstić information content (AvgIpc) is 2.57. The van der Waals surface area contributed by atoms with Gasteiger partial charge in [-0.1, -0.05) is 13.8 Å². The predicted molar refractivity (Wildman–Crippen MR) is 61.9 cm³/mol. The number of hydrogen-bond acceptors (Lipinski definition) is 4. The fraction of sp³-hybridized carbons (Fsp3) is 0.667. The Morgan fingerprint density at radius 2 is 2.29 bits per heavy atom. The molecule has 0 aromatic carbocycles. The van der Waals surface area contributed by atoms with Crippen LogP contribution >= 0.6 is 0 Å². The van der Waals surface area contributed by atoms with Gasteiger partial charge < -0.3 is 14.7 Å². The van der Waals surface area contributed by atoms with Crippen molar-refractivity contribution in [2.45, 2.75) is 32.9 Å². The first kappa shape index (κ1) is 13.7. The first-order chi connectivity index (χ1) is 8.00. The Balaban J connectivity index is 2.15. The van der Waals surface area contributed by atoms with Crippen LogP contribution in [0.5, 0.6) is 0 Å². The maximum absolute atomic E-state index is 11.3. The standard InChI is InChI=1S/C12H19NO4/c1-9(2)3-6-12(16)17-8-7-13-10(14)4-5-11(13)15/h4-5,9-10,14H,3,6-8H2,1-2H3. The van der Waals surface area contributed by atoms with Gasteiger partial charge in [0.05, 0.1) is 6.54 Å². The molecule has 0 saturated heterocycles. The molecule has 1 unspecified atom stereocenters. The van der Waals surface area contributed by atoms with Crippen molar-refractivity contribution in [2.75, 3.05) is 13.2 Å². The van der Waals surface area contributed by atoms with Crippen molar-refractivity contribution in [1.82, 2.24) is 4.90 Å². The minimum atomic E-state index is -0.892. The second kappa shape index (κ2) is 6.39. The third-order valence-corrected chi connectivity index (χ3v) is 2.53. The Morgan fingerprint density at radius 1 is 1.59 bits per heavy atom. The van der Waals surface area contributed by atoms with Crippen LogP contribution in [0.3, 0.4) is 0 Å². The van der Waals surface area contributed by atoms with Gasteiger partial charge in [-0.05, 0) is 18.4 Å². The van der Waals surface area contributed by atoms with Gasteiger partial charge in [0.2, 0.25) is 5.91 Å². The fourth-order valence-corrected chi connectivity index (χ4v) is 1.48. The van der Waals surface area contributed by atoms with Crippen LogP contribution < -0.4 is 0 Å². The van der Waals surface area contributed by atoms with E-state index < -0.39 is 6.23 Å². The van der Waals surface area contributed by atoms with Gasteiger partial charge in [-0.3, -0.25) is 9.59 Å². The number of carbonyl (C=O) groups is 2. The second-order valence-corrected chi connectivity index (χ2v) is 4.46. The van der Waals surface area contributed by atoms with Crippen LogP contribution in [0.1, 0.15) is 26.7 Å². The third-order valence-electron chi connectivity index (χ3n) is 2.53. The number of carbonyl (C=O) groups excluding carboxylic acids is 2. The zero-order valence-corrected chi connectivity index (χ0v) is 10.3. The van der Waals surface area contributed by atoms with Gasteiger partial charge in [0, 0.05) is 12.5 Å². The smallest absolute Gasteiger partial charge is 0.305 e. The van der Waals surface area contributed by atoms with Crippen molar-refractivity contribution in [3.8, 4) is 0 Å². The third kappa shape index (κ3) is 4.56. The van der Waals surface area contributed by atoms with E-state index in [1.807, 2.05) is 13.8 Å². The Morgan fingerprint density at radius 3 is 2.82 bits per heavy atom. The zero-order valence-electron chi connectivity index (χ0n) is 10.3. The Hall–Kier alpha value is -1.36. The molecular formula is C12H19NO4. The lowest BCUT2D eigenvalue weighted by atomic mass is 10.1. The highest BCUT2D eigenvalue weighted by Gasteiger charge is 2.23. The molecule has 0 fully saturated rings. The summed E-state index contributed by atoms with van der Waals surface area (Å²) in [7, 11) is 0. The first-order valence-electron chi connectivity index (χ1n) is 5.83. The highest BCUT2D eigenvalue weighted by molar-refractivity contribution is 5.90. The molecule has 1 rings (SSSR count). The van der Waals surface area contributed by atoms with Gasteiger partial charge >= 0.3 is 5.97 Å². The summed E-state index contributed by atoms with van der Waals surface area (Å²) in [5.41, 5.74) is 0. The molecular weight excluding hydrogens is 222 g/mol. The van der Waals surface area contributed by atoms with Crippen LogP contribution in [0, 0.1) is 5.92 Å². The molecule has 0 aromatic heterocycles. The maximum atomic E-state index is 11.3. The molecule has 1 aliphatic rings. The van der Waals surface area contributed by atoms with Crippen molar-refractivity contribution < 1.29 is 19.4 Å². The number of aliphatic hydroxyl groups is 1. The molecule has 1 amide bonds. The van der Waals surface area contributed by atoms with Crippen molar-refractivity contribution in [3.05, 3.63) is 12.2 Å². The quantitative estimate of drug-likeness (QED) is 0.694. The minimum absolute atomic E-state index is 0.126. The van der Waals surface area contributed by atoms with Crippen LogP contribution in [0.2, 0.25) is 0 Å². The fourth-order valence-electron chi connectivity index (χ4n) is 1.48. The number of amides is 1. The van der Waals surface area contributed by atoms with E-state index in [9.17, 15) is 14.7 Å². The molecule has 0 aliphatic carbocycles. The van der Waals surface area contributed by atoms with E-state index >= 15 is 0 Å². The summed E-state index contributed by atoms with van der Waals surface area (Å²) in [6.07, 6.45) is 3.02. The largest absolute Gasteiger partial charge is 0.464 e. The monoisotopic (exact) mass is 241 g/mol. The van der Waals surface area contributed by atoms with Gasteiger partial charge in [-0.25, -0.2) is 0 Å². The average molecular weight is 241 g/mol. The van der Waals surface area contributed by atoms with Gasteiger partial charge in [0.15, 0.2) is 0 Å². The van der Waals surface area contributed by atoms with Crippen LogP contribution in [-0.2, 0) is 14.3 Å². The van der Waals surface area contributed by atoms with E-state index in [1.54, 1.807) is 0 Å². The lowest BCUT2D eigenvalue weighted by Gasteiger charge is -2.19. The molecule has 1 N–H and O–H groups in total. The van der Waals surface area contributed by atoms with E-state index in [4.69, 9.17) is 4.74 Å². The van der Waals surface area contributed by atoms with Crippen LogP contribution in [0.15, 0.2) is 12.2 Å². The van der Waals surface area contributed by atoms with E-state index in [0.717, 1.165) is 6.42 Å². The number of nitrogens with zero attached hydrogens (tertiary/aromatic N) is 1. The molecule has 1 heterocycles. The normalized spacial score (nSPS) is 19.2. The number of hydrogen-bond donors (Lipinski definition) is 1. The highest BCUT2D eigenvalue weighted by atomic mass is 16.5. The summed E-state index contributed by atoms with van der Waals surface area (Å²) < 4.78 is 4.98. The minimum Gasteiger partial charge on any atom is -0.464 e. The highest BCUT2D eigenvalue weighted by Crippen LogP contribution is 2.08. The molecule has 0 aromatic rings. The van der Waals surface area contributed by atoms with Gasteiger partial charge in [-0.15, -0.1) is 0 Å². The predicted octanol–water partition coefficient (Wildman–Crippen LogP) is 0.683. The Bertz CT molecular complexity index is 312. The van der Waals surface area contributed by atoms with Crippen LogP contribution in [0.25, 0.3) is 0 Å². The summed E-state index contributed by atoms with van der Waals surface area (Å²) in [5, 5.41) is 9.38. The molecule has 0 spiro atoms. The van der Waals surface area contributed by atoms with E-state index in [0.29, 0.717) is 12.3 Å². The van der Waals surface area contributed by atoms with Gasteiger partial charge in [0.1, 0.15) is 12.8 Å². The topological polar surface area (TPSA) is 66.8 Å². The molecule has 96 valence electrons. The van der Waals surface area contributed by atoms with E-state index in [2.05, 4.69) is 0 Å². The first-order valence-corrected chi connectivity index (χ1v) is 5.83. The molecule has 0 radical (unpaired) electrons. The van der Waals surface area contributed by atoms with Crippen LogP contribution in [-0.4, -0.2) is 41.3 Å². The lowest BCUT2D eigenvalue weighted by molar-refractivity contribution is -0.147. The van der Waals surface area contributed by atoms with Crippen molar-refractivity contribution in [2.24, 2.45) is 5.92 Å². The van der Waals surface area contributed by atoms with Gasteiger partial charge in [-0.2, -0.15) is 0 Å². The molecule has 1 atom stereocenters. The van der Waals surface area contributed by atoms with E-state index in [1.165, 1.54) is 17.1 Å². The van der Waals surface area contributed by atoms with Gasteiger partial charge in [0.25, 0.3) is 0 Å². The summed E-state index contributed by atoms with van der Waals surface area (Å²) in [6, 6.07) is 0. The SMILES string of the molecule is CC(C)CCC(=O)OCCN1C(=O)C=CC1O. The summed E-state index contributed by atoms with van der Waals surface area (Å²) in [4.78, 5) is 23.7. The molecule has 1 aliphatic heterocycles. The number of aliphatic hydroxyl groups excluding tert-OH is 1. The molecule has 17 heavy (non-hydrogen) atoms. The summed E-state index contributed by atoms with van der Waals surface area (Å²) in [5.74, 6) is -0.0442. The van der Waals surface area contributed by atoms with Crippen molar-refractivity contribution in [1.29, 1.82) is 0 Å². The molecule has 5 nitrogen and oxygen atoms in total. The Kier molecular flexibility index (Phi) is 5.15. The van der Waals surface area contributed by atoms with Crippen molar-refractivity contribution in [3.63, 3.8) is 0 Å². The summed E-state index contributed by atoms with van der Waals surface area (Å²) >= 11 is 0. The Labute approximate surface area is 101 Å². The zero-order chi connectivity index (χ0) is 12.8. The molecule has 0 saturated carbocycles. The molecule has 5 heteroatoms.